The van der Waals surface area contributed by atoms with E-state index in [1.54, 1.807) is 49.1 Å². The lowest BCUT2D eigenvalue weighted by atomic mass is 10.2. The molecule has 212 valence electrons. The zero-order valence-electron chi connectivity index (χ0n) is 23.3. The summed E-state index contributed by atoms with van der Waals surface area (Å²) in [4.78, 5) is 5.62. The monoisotopic (exact) mass is 593 g/mol. The van der Waals surface area contributed by atoms with E-state index in [2.05, 4.69) is 33.9 Å². The topological polar surface area (TPSA) is 113 Å². The number of anilines is 1. The fourth-order valence-electron chi connectivity index (χ4n) is 3.95. The van der Waals surface area contributed by atoms with Crippen molar-refractivity contribution in [2.45, 2.75) is 20.3 Å². The maximum absolute atomic E-state index is 14.0. The molecule has 13 heteroatoms. The van der Waals surface area contributed by atoms with Crippen molar-refractivity contribution in [2.24, 2.45) is 0 Å². The van der Waals surface area contributed by atoms with Gasteiger partial charge in [0, 0.05) is 17.8 Å². The molecule has 10 nitrogen and oxygen atoms in total. The highest BCUT2D eigenvalue weighted by molar-refractivity contribution is 8.32. The van der Waals surface area contributed by atoms with E-state index in [1.165, 1.54) is 21.9 Å². The maximum Gasteiger partial charge on any atom is 0.246 e. The zero-order valence-corrected chi connectivity index (χ0v) is 25.7. The van der Waals surface area contributed by atoms with Gasteiger partial charge in [-0.05, 0) is 62.6 Å². The number of aryl methyl sites for hydroxylation is 3. The number of thiazole rings is 1. The van der Waals surface area contributed by atoms with Crippen LogP contribution in [-0.4, -0.2) is 79.2 Å². The first-order chi connectivity index (χ1) is 18.4. The number of benzene rings is 1. The van der Waals surface area contributed by atoms with Gasteiger partial charge in [0.15, 0.2) is 5.76 Å². The van der Waals surface area contributed by atoms with Crippen molar-refractivity contribution >= 4 is 37.3 Å². The van der Waals surface area contributed by atoms with Crippen molar-refractivity contribution < 1.29 is 22.3 Å². The fourth-order valence-corrected chi connectivity index (χ4v) is 7.27. The van der Waals surface area contributed by atoms with Gasteiger partial charge in [-0.2, -0.15) is 0 Å². The molecular formula is C26H35N5O5S3. The van der Waals surface area contributed by atoms with Crippen LogP contribution in [0.5, 0.6) is 11.5 Å². The van der Waals surface area contributed by atoms with Gasteiger partial charge in [-0.3, -0.25) is 4.57 Å². The van der Waals surface area contributed by atoms with E-state index in [0.717, 1.165) is 15.6 Å². The largest absolute Gasteiger partial charge is 0.494 e. The number of sulfonamides is 1. The Kier molecular flexibility index (Phi) is 8.62. The summed E-state index contributed by atoms with van der Waals surface area (Å²) in [5, 5.41) is 9.61. The Bertz CT molecular complexity index is 1480. The standard InChI is InChI=1S/C26H35N5O5S3/c1-18-19(2)37-23(27-18)13-16-39(32,33)30(14-17-38(5,6)7)26-29-28-25(22-12-9-15-36-22)31(26)24-20(34-3)10-8-11-21(24)35-4/h8-12,15H,13-14,16-17H2,1-7H3. The Morgan fingerprint density at radius 2 is 1.69 bits per heavy atom. The summed E-state index contributed by atoms with van der Waals surface area (Å²) in [6, 6.07) is 8.84. The third kappa shape index (κ3) is 6.42. The first kappa shape index (κ1) is 29.0. The van der Waals surface area contributed by atoms with Gasteiger partial charge in [-0.25, -0.2) is 27.7 Å². The van der Waals surface area contributed by atoms with Crippen LogP contribution < -0.4 is 13.8 Å². The Labute approximate surface area is 235 Å². The number of furan rings is 1. The van der Waals surface area contributed by atoms with Crippen LogP contribution in [-0.2, 0) is 16.4 Å². The summed E-state index contributed by atoms with van der Waals surface area (Å²) in [7, 11) is -1.79. The van der Waals surface area contributed by atoms with Crippen molar-refractivity contribution in [1.82, 2.24) is 19.7 Å². The van der Waals surface area contributed by atoms with Crippen LogP contribution in [0.3, 0.4) is 0 Å². The first-order valence-electron chi connectivity index (χ1n) is 12.2. The molecule has 0 saturated carbocycles. The van der Waals surface area contributed by atoms with Crippen LogP contribution in [0.2, 0.25) is 0 Å². The summed E-state index contributed by atoms with van der Waals surface area (Å²) >= 11 is 1.52. The molecule has 0 aliphatic heterocycles. The molecule has 1 aromatic carbocycles. The van der Waals surface area contributed by atoms with E-state index in [1.807, 2.05) is 13.8 Å². The Morgan fingerprint density at radius 1 is 1.00 bits per heavy atom. The SMILES string of the molecule is COc1cccc(OC)c1-n1c(-c2ccco2)nnc1N(CCS(C)(C)C)S(=O)(=O)CCc1nc(C)c(C)s1. The molecule has 0 bridgehead atoms. The molecule has 0 aliphatic rings. The zero-order chi connectivity index (χ0) is 28.4. The smallest absolute Gasteiger partial charge is 0.246 e. The molecule has 39 heavy (non-hydrogen) atoms. The van der Waals surface area contributed by atoms with Crippen molar-refractivity contribution in [2.75, 3.05) is 55.3 Å². The highest BCUT2D eigenvalue weighted by atomic mass is 32.3. The van der Waals surface area contributed by atoms with Crippen LogP contribution in [0.25, 0.3) is 17.3 Å². The average molecular weight is 594 g/mol. The predicted molar refractivity (Wildman–Crippen MR) is 159 cm³/mol. The Morgan fingerprint density at radius 3 is 2.23 bits per heavy atom. The lowest BCUT2D eigenvalue weighted by Gasteiger charge is -2.30. The number of para-hydroxylation sites is 1. The number of rotatable bonds is 12. The van der Waals surface area contributed by atoms with E-state index in [4.69, 9.17) is 13.9 Å². The minimum Gasteiger partial charge on any atom is -0.494 e. The minimum absolute atomic E-state index is 0.120. The molecule has 3 aromatic heterocycles. The van der Waals surface area contributed by atoms with Crippen molar-refractivity contribution in [3.8, 4) is 28.8 Å². The number of hydrogen-bond donors (Lipinski definition) is 0. The molecule has 0 radical (unpaired) electrons. The van der Waals surface area contributed by atoms with Gasteiger partial charge < -0.3 is 13.9 Å². The van der Waals surface area contributed by atoms with Crippen LogP contribution >= 0.6 is 21.4 Å². The lowest BCUT2D eigenvalue weighted by molar-refractivity contribution is 0.391. The van der Waals surface area contributed by atoms with E-state index < -0.39 is 20.1 Å². The highest BCUT2D eigenvalue weighted by Crippen LogP contribution is 2.40. The van der Waals surface area contributed by atoms with E-state index >= 15 is 0 Å². The Balaban J connectivity index is 1.88. The van der Waals surface area contributed by atoms with Crippen molar-refractivity contribution in [1.29, 1.82) is 0 Å². The van der Waals surface area contributed by atoms with Gasteiger partial charge in [-0.15, -0.1) is 21.5 Å². The number of aromatic nitrogens is 4. The predicted octanol–water partition coefficient (Wildman–Crippen LogP) is 4.69. The second-order valence-corrected chi connectivity index (χ2v) is 17.7. The van der Waals surface area contributed by atoms with Gasteiger partial charge in [0.1, 0.15) is 17.2 Å². The minimum atomic E-state index is -3.85. The third-order valence-electron chi connectivity index (χ3n) is 6.13. The van der Waals surface area contributed by atoms with Crippen LogP contribution in [0.4, 0.5) is 5.95 Å². The van der Waals surface area contributed by atoms with Crippen LogP contribution in [0, 0.1) is 13.8 Å². The van der Waals surface area contributed by atoms with Gasteiger partial charge in [-0.1, -0.05) is 6.07 Å². The van der Waals surface area contributed by atoms with Gasteiger partial charge in [0.2, 0.25) is 21.8 Å². The molecule has 3 heterocycles. The van der Waals surface area contributed by atoms with Crippen molar-refractivity contribution in [3.05, 3.63) is 52.2 Å². The third-order valence-corrected chi connectivity index (χ3v) is 10.4. The summed E-state index contributed by atoms with van der Waals surface area (Å²) in [5.41, 5.74) is 1.40. The van der Waals surface area contributed by atoms with Crippen LogP contribution in [0.1, 0.15) is 15.6 Å². The summed E-state index contributed by atoms with van der Waals surface area (Å²) in [5.74, 6) is 2.38. The Hall–Kier alpha value is -3.03. The fraction of sp³-hybridized carbons (Fsp3) is 0.423. The molecule has 0 aliphatic carbocycles. The molecule has 0 atom stereocenters. The van der Waals surface area contributed by atoms with Gasteiger partial charge >= 0.3 is 0 Å². The second kappa shape index (κ2) is 11.6. The molecule has 4 aromatic rings. The molecule has 4 rings (SSSR count). The number of nitrogens with zero attached hydrogens (tertiary/aromatic N) is 5. The van der Waals surface area contributed by atoms with E-state index in [-0.39, 0.29) is 18.2 Å². The highest BCUT2D eigenvalue weighted by Gasteiger charge is 2.33. The summed E-state index contributed by atoms with van der Waals surface area (Å²) in [6.07, 6.45) is 8.30. The van der Waals surface area contributed by atoms with Gasteiger partial charge in [0.25, 0.3) is 0 Å². The molecule has 0 spiro atoms. The molecular weight excluding hydrogens is 559 g/mol. The van der Waals surface area contributed by atoms with Crippen molar-refractivity contribution in [3.63, 3.8) is 0 Å². The summed E-state index contributed by atoms with van der Waals surface area (Å²) < 4.78 is 48.1. The molecule has 0 amide bonds. The number of hydrogen-bond acceptors (Lipinski definition) is 9. The number of methoxy groups -OCH3 is 2. The molecule has 0 saturated heterocycles. The summed E-state index contributed by atoms with van der Waals surface area (Å²) in [6.45, 7) is 4.16. The quantitative estimate of drug-likeness (QED) is 0.233. The first-order valence-corrected chi connectivity index (χ1v) is 17.7. The normalized spacial score (nSPS) is 12.5. The molecule has 0 fully saturated rings. The average Bonchev–Trinajstić information content (AvgIpc) is 3.62. The van der Waals surface area contributed by atoms with E-state index in [9.17, 15) is 8.42 Å². The lowest BCUT2D eigenvalue weighted by Crippen LogP contribution is -2.38. The molecule has 0 unspecified atom stereocenters. The van der Waals surface area contributed by atoms with Gasteiger partial charge in [0.05, 0.1) is 36.9 Å². The van der Waals surface area contributed by atoms with Crippen LogP contribution in [0.15, 0.2) is 41.0 Å². The maximum atomic E-state index is 14.0. The number of ether oxygens (including phenoxy) is 2. The molecule has 0 N–H and O–H groups in total. The second-order valence-electron chi connectivity index (χ2n) is 9.83. The van der Waals surface area contributed by atoms with E-state index in [0.29, 0.717) is 40.9 Å².